The van der Waals surface area contributed by atoms with Crippen molar-refractivity contribution in [2.24, 2.45) is 0 Å². The van der Waals surface area contributed by atoms with Gasteiger partial charge in [-0.3, -0.25) is 0 Å². The summed E-state index contributed by atoms with van der Waals surface area (Å²) in [5, 5.41) is 5.72. The van der Waals surface area contributed by atoms with Gasteiger partial charge in [0.1, 0.15) is 17.1 Å². The SMILES string of the molecule is CCc1ccccc1Nc1nc(Nc2ccc(OC)cc2)ncc1C(F)(F)F. The average Bonchev–Trinajstić information content (AvgIpc) is 2.68. The molecule has 3 aromatic rings. The first-order valence-electron chi connectivity index (χ1n) is 8.61. The third-order valence-corrected chi connectivity index (χ3v) is 4.09. The van der Waals surface area contributed by atoms with Gasteiger partial charge >= 0.3 is 6.18 Å². The lowest BCUT2D eigenvalue weighted by Crippen LogP contribution is -2.13. The number of benzene rings is 2. The number of halogens is 3. The van der Waals surface area contributed by atoms with Crippen LogP contribution in [0.5, 0.6) is 5.75 Å². The molecule has 2 aromatic carbocycles. The second-order valence-corrected chi connectivity index (χ2v) is 5.94. The second-order valence-electron chi connectivity index (χ2n) is 5.94. The molecule has 0 aliphatic heterocycles. The van der Waals surface area contributed by atoms with Crippen molar-refractivity contribution in [1.82, 2.24) is 9.97 Å². The molecule has 0 saturated carbocycles. The highest BCUT2D eigenvalue weighted by atomic mass is 19.4. The molecule has 0 fully saturated rings. The summed E-state index contributed by atoms with van der Waals surface area (Å²) in [6.45, 7) is 1.93. The number of nitrogens with one attached hydrogen (secondary N) is 2. The Bertz CT molecular complexity index is 943. The van der Waals surface area contributed by atoms with E-state index in [1.54, 1.807) is 43.5 Å². The minimum absolute atomic E-state index is 0.0506. The predicted octanol–water partition coefficient (Wildman–Crippen LogP) is 5.55. The molecule has 0 bridgehead atoms. The summed E-state index contributed by atoms with van der Waals surface area (Å²) in [4.78, 5) is 7.88. The third-order valence-electron chi connectivity index (χ3n) is 4.09. The molecule has 0 amide bonds. The van der Waals surface area contributed by atoms with Crippen LogP contribution < -0.4 is 15.4 Å². The van der Waals surface area contributed by atoms with Gasteiger partial charge in [-0.15, -0.1) is 0 Å². The van der Waals surface area contributed by atoms with Crippen molar-refractivity contribution in [3.8, 4) is 5.75 Å². The maximum atomic E-state index is 13.4. The van der Waals surface area contributed by atoms with Crippen molar-refractivity contribution in [2.45, 2.75) is 19.5 Å². The monoisotopic (exact) mass is 388 g/mol. The largest absolute Gasteiger partial charge is 0.497 e. The molecular weight excluding hydrogens is 369 g/mol. The minimum Gasteiger partial charge on any atom is -0.497 e. The number of anilines is 4. The fraction of sp³-hybridized carbons (Fsp3) is 0.200. The highest BCUT2D eigenvalue weighted by Crippen LogP contribution is 2.36. The van der Waals surface area contributed by atoms with Crippen molar-refractivity contribution in [3.05, 3.63) is 65.9 Å². The number of aryl methyl sites for hydroxylation is 1. The van der Waals surface area contributed by atoms with Gasteiger partial charge in [-0.05, 0) is 42.3 Å². The number of aromatic nitrogens is 2. The fourth-order valence-electron chi connectivity index (χ4n) is 2.63. The molecule has 0 spiro atoms. The van der Waals surface area contributed by atoms with Gasteiger partial charge in [-0.2, -0.15) is 18.2 Å². The zero-order valence-electron chi connectivity index (χ0n) is 15.3. The molecule has 0 aliphatic carbocycles. The van der Waals surface area contributed by atoms with Gasteiger partial charge in [-0.1, -0.05) is 25.1 Å². The molecule has 8 heteroatoms. The van der Waals surface area contributed by atoms with Crippen LogP contribution in [-0.2, 0) is 12.6 Å². The Morgan fingerprint density at radius 1 is 1.00 bits per heavy atom. The van der Waals surface area contributed by atoms with E-state index < -0.39 is 11.7 Å². The molecule has 3 rings (SSSR count). The van der Waals surface area contributed by atoms with Crippen LogP contribution in [0.15, 0.2) is 54.7 Å². The maximum Gasteiger partial charge on any atom is 0.421 e. The van der Waals surface area contributed by atoms with Crippen LogP contribution in [0, 0.1) is 0 Å². The Morgan fingerprint density at radius 2 is 1.71 bits per heavy atom. The predicted molar refractivity (Wildman–Crippen MR) is 102 cm³/mol. The zero-order valence-corrected chi connectivity index (χ0v) is 15.3. The highest BCUT2D eigenvalue weighted by molar-refractivity contribution is 5.65. The van der Waals surface area contributed by atoms with Crippen molar-refractivity contribution in [1.29, 1.82) is 0 Å². The van der Waals surface area contributed by atoms with Crippen LogP contribution in [0.25, 0.3) is 0 Å². The molecule has 5 nitrogen and oxygen atoms in total. The lowest BCUT2D eigenvalue weighted by Gasteiger charge is -2.16. The van der Waals surface area contributed by atoms with Gasteiger partial charge in [-0.25, -0.2) is 4.98 Å². The molecular formula is C20H19F3N4O. The summed E-state index contributed by atoms with van der Waals surface area (Å²) in [6, 6.07) is 14.1. The van der Waals surface area contributed by atoms with Crippen LogP contribution >= 0.6 is 0 Å². The van der Waals surface area contributed by atoms with Gasteiger partial charge < -0.3 is 15.4 Å². The zero-order chi connectivity index (χ0) is 20.1. The molecule has 0 saturated heterocycles. The van der Waals surface area contributed by atoms with Gasteiger partial charge in [0.05, 0.1) is 7.11 Å². The Balaban J connectivity index is 1.94. The normalized spacial score (nSPS) is 11.2. The highest BCUT2D eigenvalue weighted by Gasteiger charge is 2.35. The topological polar surface area (TPSA) is 59.1 Å². The van der Waals surface area contributed by atoms with Crippen LogP contribution in [0.1, 0.15) is 18.1 Å². The Kier molecular flexibility index (Phi) is 5.67. The lowest BCUT2D eigenvalue weighted by atomic mass is 10.1. The summed E-state index contributed by atoms with van der Waals surface area (Å²) in [7, 11) is 1.55. The van der Waals surface area contributed by atoms with E-state index in [0.29, 0.717) is 23.5 Å². The van der Waals surface area contributed by atoms with Crippen molar-refractivity contribution in [2.75, 3.05) is 17.7 Å². The summed E-state index contributed by atoms with van der Waals surface area (Å²) in [5.74, 6) is 0.409. The van der Waals surface area contributed by atoms with E-state index >= 15 is 0 Å². The van der Waals surface area contributed by atoms with Gasteiger partial charge in [0.15, 0.2) is 0 Å². The summed E-state index contributed by atoms with van der Waals surface area (Å²) in [5.41, 5.74) is 1.16. The van der Waals surface area contributed by atoms with Gasteiger partial charge in [0.2, 0.25) is 5.95 Å². The molecule has 0 unspecified atom stereocenters. The number of rotatable bonds is 6. The second kappa shape index (κ2) is 8.16. The van der Waals surface area contributed by atoms with Crippen LogP contribution in [-0.4, -0.2) is 17.1 Å². The molecule has 146 valence electrons. The van der Waals surface area contributed by atoms with Crippen molar-refractivity contribution < 1.29 is 17.9 Å². The van der Waals surface area contributed by atoms with Gasteiger partial charge in [0, 0.05) is 17.6 Å². The van der Waals surface area contributed by atoms with E-state index in [4.69, 9.17) is 4.74 Å². The summed E-state index contributed by atoms with van der Waals surface area (Å²) < 4.78 is 45.3. The number of hydrogen-bond donors (Lipinski definition) is 2. The number of methoxy groups -OCH3 is 1. The summed E-state index contributed by atoms with van der Waals surface area (Å²) >= 11 is 0. The molecule has 0 atom stereocenters. The van der Waals surface area contributed by atoms with E-state index in [1.807, 2.05) is 19.1 Å². The van der Waals surface area contributed by atoms with Gasteiger partial charge in [0.25, 0.3) is 0 Å². The minimum atomic E-state index is -4.58. The molecule has 1 aromatic heterocycles. The number of nitrogens with zero attached hydrogens (tertiary/aromatic N) is 2. The Morgan fingerprint density at radius 3 is 2.36 bits per heavy atom. The maximum absolute atomic E-state index is 13.4. The summed E-state index contributed by atoms with van der Waals surface area (Å²) in [6.07, 6.45) is -3.13. The number of hydrogen-bond acceptors (Lipinski definition) is 5. The first-order valence-corrected chi connectivity index (χ1v) is 8.61. The van der Waals surface area contributed by atoms with Crippen LogP contribution in [0.4, 0.5) is 36.3 Å². The Hall–Kier alpha value is -3.29. The van der Waals surface area contributed by atoms with E-state index in [1.165, 1.54) is 0 Å². The molecule has 0 aliphatic rings. The Labute approximate surface area is 160 Å². The third kappa shape index (κ3) is 4.51. The fourth-order valence-corrected chi connectivity index (χ4v) is 2.63. The van der Waals surface area contributed by atoms with E-state index in [2.05, 4.69) is 20.6 Å². The average molecular weight is 388 g/mol. The van der Waals surface area contributed by atoms with Crippen LogP contribution in [0.3, 0.4) is 0 Å². The van der Waals surface area contributed by atoms with Crippen molar-refractivity contribution >= 4 is 23.1 Å². The number of ether oxygens (including phenoxy) is 1. The molecule has 28 heavy (non-hydrogen) atoms. The smallest absolute Gasteiger partial charge is 0.421 e. The van der Waals surface area contributed by atoms with E-state index in [9.17, 15) is 13.2 Å². The molecule has 0 radical (unpaired) electrons. The lowest BCUT2D eigenvalue weighted by molar-refractivity contribution is -0.137. The number of alkyl halides is 3. The quantitative estimate of drug-likeness (QED) is 0.579. The standard InChI is InChI=1S/C20H19F3N4O/c1-3-13-6-4-5-7-17(13)26-18-16(20(21,22)23)12-24-19(27-18)25-14-8-10-15(28-2)11-9-14/h4-12H,3H2,1-2H3,(H2,24,25,26,27). The molecule has 2 N–H and O–H groups in total. The van der Waals surface area contributed by atoms with Crippen molar-refractivity contribution in [3.63, 3.8) is 0 Å². The number of para-hydroxylation sites is 1. The molecule has 1 heterocycles. The first kappa shape index (κ1) is 19.5. The first-order chi connectivity index (χ1) is 13.4. The van der Waals surface area contributed by atoms with E-state index in [-0.39, 0.29) is 11.8 Å². The van der Waals surface area contributed by atoms with Crippen LogP contribution in [0.2, 0.25) is 0 Å². The van der Waals surface area contributed by atoms with E-state index in [0.717, 1.165) is 11.8 Å².